The van der Waals surface area contributed by atoms with Crippen molar-refractivity contribution in [2.45, 2.75) is 39.3 Å². The minimum Gasteiger partial charge on any atom is -0.383 e. The predicted octanol–water partition coefficient (Wildman–Crippen LogP) is 3.81. The molecule has 3 aromatic heterocycles. The molecular weight excluding hydrogens is 399 g/mol. The molecule has 0 aliphatic carbocycles. The average molecular weight is 419 g/mol. The Labute approximate surface area is 170 Å². The Hall–Kier alpha value is -3.14. The molecule has 3 N–H and O–H groups in total. The van der Waals surface area contributed by atoms with Crippen LogP contribution in [0.25, 0.3) is 11.0 Å². The number of anilines is 1. The van der Waals surface area contributed by atoms with E-state index in [1.807, 2.05) is 0 Å². The summed E-state index contributed by atoms with van der Waals surface area (Å²) < 4.78 is 43.8. The number of amides is 1. The Morgan fingerprint density at radius 3 is 2.70 bits per heavy atom. The first kappa shape index (κ1) is 20.1. The summed E-state index contributed by atoms with van der Waals surface area (Å²) in [5, 5.41) is 0. The third-order valence-electron chi connectivity index (χ3n) is 5.35. The van der Waals surface area contributed by atoms with Gasteiger partial charge in [-0.05, 0) is 32.0 Å². The van der Waals surface area contributed by atoms with Gasteiger partial charge in [0.15, 0.2) is 0 Å². The molecule has 1 atom stereocenters. The van der Waals surface area contributed by atoms with Crippen LogP contribution in [0.5, 0.6) is 0 Å². The second-order valence-corrected chi connectivity index (χ2v) is 7.13. The number of nitrogens with two attached hydrogens (primary N) is 1. The third kappa shape index (κ3) is 3.36. The Morgan fingerprint density at radius 2 is 2.07 bits per heavy atom. The van der Waals surface area contributed by atoms with E-state index in [0.29, 0.717) is 48.0 Å². The molecule has 0 unspecified atom stereocenters. The number of carbonyl (C=O) groups excluding carboxylic acids is 1. The number of nitrogen functional groups attached to an aromatic ring is 1. The molecule has 3 aromatic rings. The van der Waals surface area contributed by atoms with Gasteiger partial charge >= 0.3 is 6.18 Å². The van der Waals surface area contributed by atoms with Crippen molar-refractivity contribution >= 4 is 22.8 Å². The van der Waals surface area contributed by atoms with E-state index in [-0.39, 0.29) is 5.91 Å². The first-order chi connectivity index (χ1) is 14.2. The number of aromatic amines is 1. The van der Waals surface area contributed by atoms with E-state index in [0.717, 1.165) is 23.4 Å². The number of carbonyl (C=O) groups is 1. The molecule has 10 heteroatoms. The summed E-state index contributed by atoms with van der Waals surface area (Å²) >= 11 is 0. The van der Waals surface area contributed by atoms with Crippen molar-refractivity contribution in [2.24, 2.45) is 0 Å². The number of hydrogen-bond acceptors (Lipinski definition) is 5. The predicted molar refractivity (Wildman–Crippen MR) is 103 cm³/mol. The maximum Gasteiger partial charge on any atom is 0.417 e. The van der Waals surface area contributed by atoms with Crippen molar-refractivity contribution in [2.75, 3.05) is 12.3 Å². The summed E-state index contributed by atoms with van der Waals surface area (Å²) in [5.41, 5.74) is 8.82. The molecular formula is C20H20F3N5O2. The number of pyridine rings is 2. The number of halogens is 3. The fourth-order valence-corrected chi connectivity index (χ4v) is 3.68. The van der Waals surface area contributed by atoms with Crippen LogP contribution in [0.1, 0.15) is 52.8 Å². The van der Waals surface area contributed by atoms with E-state index in [2.05, 4.69) is 15.0 Å². The van der Waals surface area contributed by atoms with Crippen molar-refractivity contribution in [1.82, 2.24) is 19.9 Å². The molecule has 0 aromatic carbocycles. The molecule has 0 radical (unpaired) electrons. The highest BCUT2D eigenvalue weighted by Crippen LogP contribution is 2.32. The number of hydrogen-bond donors (Lipinski definition) is 2. The van der Waals surface area contributed by atoms with Gasteiger partial charge in [-0.25, -0.2) is 4.98 Å². The normalized spacial score (nSPS) is 14.7. The summed E-state index contributed by atoms with van der Waals surface area (Å²) in [4.78, 5) is 26.1. The third-order valence-corrected chi connectivity index (χ3v) is 5.35. The summed E-state index contributed by atoms with van der Waals surface area (Å²) in [6, 6.07) is 3.36. The van der Waals surface area contributed by atoms with Crippen LogP contribution in [-0.4, -0.2) is 32.3 Å². The van der Waals surface area contributed by atoms with Gasteiger partial charge in [-0.2, -0.15) is 13.2 Å². The number of rotatable bonds is 4. The zero-order valence-electron chi connectivity index (χ0n) is 16.4. The van der Waals surface area contributed by atoms with Gasteiger partial charge in [-0.1, -0.05) is 0 Å². The molecule has 158 valence electrons. The number of nitrogens with zero attached hydrogens (tertiary/aromatic N) is 3. The molecule has 0 bridgehead atoms. The highest BCUT2D eigenvalue weighted by molar-refractivity contribution is 5.98. The molecule has 0 fully saturated rings. The van der Waals surface area contributed by atoms with Crippen LogP contribution in [0, 0.1) is 0 Å². The van der Waals surface area contributed by atoms with E-state index in [1.54, 1.807) is 19.9 Å². The van der Waals surface area contributed by atoms with Crippen LogP contribution in [-0.2, 0) is 24.1 Å². The monoisotopic (exact) mass is 419 g/mol. The molecule has 0 saturated carbocycles. The maximum atomic E-state index is 13.2. The topological polar surface area (TPSA) is 97.1 Å². The van der Waals surface area contributed by atoms with Crippen LogP contribution < -0.4 is 5.73 Å². The van der Waals surface area contributed by atoms with Crippen LogP contribution in [0.2, 0.25) is 0 Å². The standard InChI is InChI=1S/C20H20F3N5O2/c1-3-28(10(2)14-5-4-11(7-25-14)20(21,22)23)19(29)16-6-15-17(26-16)12-8-30-9-13(12)18(24)27-15/h4-7,10,26H,3,8-9H2,1-2H3,(H2,24,27)/t10-/m1/s1. The largest absolute Gasteiger partial charge is 0.417 e. The van der Waals surface area contributed by atoms with Crippen molar-refractivity contribution in [3.63, 3.8) is 0 Å². The maximum absolute atomic E-state index is 13.2. The number of fused-ring (bicyclic) bond motifs is 3. The first-order valence-electron chi connectivity index (χ1n) is 9.42. The van der Waals surface area contributed by atoms with Gasteiger partial charge in [0.1, 0.15) is 11.5 Å². The van der Waals surface area contributed by atoms with Crippen LogP contribution in [0.4, 0.5) is 19.0 Å². The van der Waals surface area contributed by atoms with Gasteiger partial charge in [0.05, 0.1) is 41.5 Å². The van der Waals surface area contributed by atoms with E-state index in [9.17, 15) is 18.0 Å². The lowest BCUT2D eigenvalue weighted by molar-refractivity contribution is -0.137. The molecule has 0 saturated heterocycles. The number of nitrogens with one attached hydrogen (secondary N) is 1. The van der Waals surface area contributed by atoms with Crippen molar-refractivity contribution in [3.8, 4) is 0 Å². The van der Waals surface area contributed by atoms with Crippen LogP contribution in [0.3, 0.4) is 0 Å². The summed E-state index contributed by atoms with van der Waals surface area (Å²) in [5.74, 6) is 0.0682. The SMILES string of the molecule is CCN(C(=O)c1cc2nc(N)c3c(c2[nH]1)COC3)[C@H](C)c1ccc(C(F)(F)F)cn1. The zero-order chi connectivity index (χ0) is 21.6. The Morgan fingerprint density at radius 1 is 1.33 bits per heavy atom. The van der Waals surface area contributed by atoms with Gasteiger partial charge in [-0.15, -0.1) is 0 Å². The van der Waals surface area contributed by atoms with Gasteiger partial charge in [0, 0.05) is 23.9 Å². The smallest absolute Gasteiger partial charge is 0.383 e. The fourth-order valence-electron chi connectivity index (χ4n) is 3.68. The summed E-state index contributed by atoms with van der Waals surface area (Å²) in [7, 11) is 0. The molecule has 30 heavy (non-hydrogen) atoms. The van der Waals surface area contributed by atoms with Crippen LogP contribution in [0.15, 0.2) is 24.4 Å². The molecule has 4 rings (SSSR count). The van der Waals surface area contributed by atoms with Crippen molar-refractivity contribution < 1.29 is 22.7 Å². The number of aromatic nitrogens is 3. The minimum atomic E-state index is -4.46. The minimum absolute atomic E-state index is 0.309. The first-order valence-corrected chi connectivity index (χ1v) is 9.42. The second-order valence-electron chi connectivity index (χ2n) is 7.13. The Bertz CT molecular complexity index is 1110. The lowest BCUT2D eigenvalue weighted by atomic mass is 10.1. The molecule has 7 nitrogen and oxygen atoms in total. The molecule has 1 amide bonds. The fraction of sp³-hybridized carbons (Fsp3) is 0.350. The molecule has 1 aliphatic rings. The van der Waals surface area contributed by atoms with Gasteiger partial charge in [0.25, 0.3) is 5.91 Å². The van der Waals surface area contributed by atoms with E-state index < -0.39 is 17.8 Å². The molecule has 0 spiro atoms. The quantitative estimate of drug-likeness (QED) is 0.670. The number of ether oxygens (including phenoxy) is 1. The molecule has 4 heterocycles. The average Bonchev–Trinajstić information content (AvgIpc) is 3.35. The number of H-pyrrole nitrogens is 1. The summed E-state index contributed by atoms with van der Waals surface area (Å²) in [6.07, 6.45) is -3.68. The highest BCUT2D eigenvalue weighted by Gasteiger charge is 2.32. The van der Waals surface area contributed by atoms with Crippen LogP contribution >= 0.6 is 0 Å². The molecule has 1 aliphatic heterocycles. The highest BCUT2D eigenvalue weighted by atomic mass is 19.4. The van der Waals surface area contributed by atoms with Gasteiger partial charge in [0.2, 0.25) is 0 Å². The van der Waals surface area contributed by atoms with E-state index in [1.165, 1.54) is 11.0 Å². The van der Waals surface area contributed by atoms with E-state index >= 15 is 0 Å². The van der Waals surface area contributed by atoms with Crippen molar-refractivity contribution in [1.29, 1.82) is 0 Å². The summed E-state index contributed by atoms with van der Waals surface area (Å²) in [6.45, 7) is 4.62. The number of alkyl halides is 3. The Kier molecular flexibility index (Phi) is 4.89. The van der Waals surface area contributed by atoms with Gasteiger partial charge in [-0.3, -0.25) is 9.78 Å². The zero-order valence-corrected chi connectivity index (χ0v) is 16.4. The lowest BCUT2D eigenvalue weighted by Gasteiger charge is -2.27. The second kappa shape index (κ2) is 7.28. The van der Waals surface area contributed by atoms with E-state index in [4.69, 9.17) is 10.5 Å². The van der Waals surface area contributed by atoms with Crippen molar-refractivity contribution in [3.05, 3.63) is 52.5 Å². The Balaban J connectivity index is 1.64. The van der Waals surface area contributed by atoms with Gasteiger partial charge < -0.3 is 20.4 Å². The lowest BCUT2D eigenvalue weighted by Crippen LogP contribution is -2.34.